The molecule has 2 rings (SSSR count). The van der Waals surface area contributed by atoms with Crippen LogP contribution in [0, 0.1) is 5.82 Å². The highest BCUT2D eigenvalue weighted by atomic mass is 35.5. The summed E-state index contributed by atoms with van der Waals surface area (Å²) in [5.74, 6) is -0.350. The van der Waals surface area contributed by atoms with Gasteiger partial charge < -0.3 is 5.32 Å². The second kappa shape index (κ2) is 5.78. The fourth-order valence-corrected chi connectivity index (χ4v) is 2.79. The predicted octanol–water partition coefficient (Wildman–Crippen LogP) is 3.44. The van der Waals surface area contributed by atoms with Crippen molar-refractivity contribution in [3.05, 3.63) is 34.6 Å². The monoisotopic (exact) mass is 284 g/mol. The second-order valence-corrected chi connectivity index (χ2v) is 6.17. The molecule has 0 bridgehead atoms. The first-order valence-corrected chi connectivity index (χ1v) is 7.25. The lowest BCUT2D eigenvalue weighted by Crippen LogP contribution is -2.61. The van der Waals surface area contributed by atoms with Crippen LogP contribution in [0.15, 0.2) is 18.2 Å². The van der Waals surface area contributed by atoms with Crippen molar-refractivity contribution in [3.8, 4) is 0 Å². The Morgan fingerprint density at radius 2 is 2.26 bits per heavy atom. The predicted molar refractivity (Wildman–Crippen MR) is 78.0 cm³/mol. The van der Waals surface area contributed by atoms with Gasteiger partial charge in [-0.25, -0.2) is 4.39 Å². The SMILES string of the molecule is CCC1(C)CNC(C)CN1Cc1ccc(F)c(Cl)c1. The smallest absolute Gasteiger partial charge is 0.141 e. The molecular weight excluding hydrogens is 263 g/mol. The third-order valence-corrected chi connectivity index (χ3v) is 4.50. The van der Waals surface area contributed by atoms with Crippen LogP contribution in [0.2, 0.25) is 5.02 Å². The van der Waals surface area contributed by atoms with Crippen LogP contribution in [0.1, 0.15) is 32.8 Å². The molecular formula is C15H22ClFN2. The highest BCUT2D eigenvalue weighted by molar-refractivity contribution is 6.30. The molecule has 1 aromatic rings. The minimum atomic E-state index is -0.350. The first kappa shape index (κ1) is 14.8. The van der Waals surface area contributed by atoms with Gasteiger partial charge in [0.15, 0.2) is 0 Å². The summed E-state index contributed by atoms with van der Waals surface area (Å²) >= 11 is 5.86. The lowest BCUT2D eigenvalue weighted by molar-refractivity contribution is 0.0453. The largest absolute Gasteiger partial charge is 0.311 e. The van der Waals surface area contributed by atoms with Gasteiger partial charge in [0.25, 0.3) is 0 Å². The number of benzene rings is 1. The standard InChI is InChI=1S/C15H22ClFN2/c1-4-15(3)10-18-11(2)8-19(15)9-12-5-6-14(17)13(16)7-12/h5-7,11,18H,4,8-10H2,1-3H3. The van der Waals surface area contributed by atoms with Gasteiger partial charge in [0.1, 0.15) is 5.82 Å². The van der Waals surface area contributed by atoms with Gasteiger partial charge in [0.2, 0.25) is 0 Å². The van der Waals surface area contributed by atoms with Crippen LogP contribution >= 0.6 is 11.6 Å². The summed E-state index contributed by atoms with van der Waals surface area (Å²) in [6.07, 6.45) is 1.08. The maximum atomic E-state index is 13.2. The van der Waals surface area contributed by atoms with Gasteiger partial charge in [-0.15, -0.1) is 0 Å². The molecule has 0 spiro atoms. The normalized spacial score (nSPS) is 28.6. The van der Waals surface area contributed by atoms with Crippen molar-refractivity contribution < 1.29 is 4.39 Å². The molecule has 0 amide bonds. The second-order valence-electron chi connectivity index (χ2n) is 5.76. The van der Waals surface area contributed by atoms with Crippen molar-refractivity contribution in [2.45, 2.75) is 45.3 Å². The van der Waals surface area contributed by atoms with E-state index in [0.717, 1.165) is 31.6 Å². The van der Waals surface area contributed by atoms with Crippen LogP contribution in [-0.4, -0.2) is 29.6 Å². The Morgan fingerprint density at radius 3 is 2.89 bits per heavy atom. The van der Waals surface area contributed by atoms with Gasteiger partial charge in [0, 0.05) is 31.2 Å². The van der Waals surface area contributed by atoms with Crippen LogP contribution in [0.5, 0.6) is 0 Å². The number of piperazine rings is 1. The topological polar surface area (TPSA) is 15.3 Å². The number of halogens is 2. The Balaban J connectivity index is 2.16. The molecule has 1 aromatic carbocycles. The molecule has 1 aliphatic rings. The summed E-state index contributed by atoms with van der Waals surface area (Å²) < 4.78 is 13.2. The van der Waals surface area contributed by atoms with Gasteiger partial charge in [-0.2, -0.15) is 0 Å². The summed E-state index contributed by atoms with van der Waals surface area (Å²) in [7, 11) is 0. The fourth-order valence-electron chi connectivity index (χ4n) is 2.58. The van der Waals surface area contributed by atoms with Crippen LogP contribution in [-0.2, 0) is 6.54 Å². The number of rotatable bonds is 3. The van der Waals surface area contributed by atoms with E-state index in [-0.39, 0.29) is 16.4 Å². The minimum absolute atomic E-state index is 0.146. The molecule has 19 heavy (non-hydrogen) atoms. The van der Waals surface area contributed by atoms with E-state index in [4.69, 9.17) is 11.6 Å². The van der Waals surface area contributed by atoms with Crippen LogP contribution in [0.4, 0.5) is 4.39 Å². The fraction of sp³-hybridized carbons (Fsp3) is 0.600. The zero-order chi connectivity index (χ0) is 14.0. The maximum Gasteiger partial charge on any atom is 0.141 e. The molecule has 1 fully saturated rings. The van der Waals surface area contributed by atoms with Gasteiger partial charge in [0.05, 0.1) is 5.02 Å². The van der Waals surface area contributed by atoms with E-state index >= 15 is 0 Å². The number of nitrogens with zero attached hydrogens (tertiary/aromatic N) is 1. The van der Waals surface area contributed by atoms with Crippen molar-refractivity contribution in [1.29, 1.82) is 0 Å². The van der Waals surface area contributed by atoms with Gasteiger partial charge in [-0.05, 0) is 38.0 Å². The number of hydrogen-bond donors (Lipinski definition) is 1. The molecule has 2 unspecified atom stereocenters. The van der Waals surface area contributed by atoms with Crippen molar-refractivity contribution in [2.75, 3.05) is 13.1 Å². The molecule has 1 saturated heterocycles. The van der Waals surface area contributed by atoms with E-state index in [2.05, 4.69) is 31.0 Å². The third kappa shape index (κ3) is 3.28. The molecule has 0 aromatic heterocycles. The molecule has 1 heterocycles. The average molecular weight is 285 g/mol. The van der Waals surface area contributed by atoms with Gasteiger partial charge in [-0.1, -0.05) is 24.6 Å². The lowest BCUT2D eigenvalue weighted by Gasteiger charge is -2.47. The maximum absolute atomic E-state index is 13.2. The zero-order valence-electron chi connectivity index (χ0n) is 11.8. The Bertz CT molecular complexity index is 452. The number of hydrogen-bond acceptors (Lipinski definition) is 2. The lowest BCUT2D eigenvalue weighted by atomic mass is 9.92. The average Bonchev–Trinajstić information content (AvgIpc) is 2.38. The van der Waals surface area contributed by atoms with E-state index in [1.165, 1.54) is 6.07 Å². The summed E-state index contributed by atoms with van der Waals surface area (Å²) in [5, 5.41) is 3.74. The molecule has 0 aliphatic carbocycles. The minimum Gasteiger partial charge on any atom is -0.311 e. The Hall–Kier alpha value is -0.640. The molecule has 2 nitrogen and oxygen atoms in total. The van der Waals surface area contributed by atoms with Crippen LogP contribution < -0.4 is 5.32 Å². The van der Waals surface area contributed by atoms with E-state index in [1.807, 2.05) is 6.07 Å². The Kier molecular flexibility index (Phi) is 4.49. The Morgan fingerprint density at radius 1 is 1.53 bits per heavy atom. The summed E-state index contributed by atoms with van der Waals surface area (Å²) in [4.78, 5) is 2.47. The van der Waals surface area contributed by atoms with Crippen molar-refractivity contribution >= 4 is 11.6 Å². The van der Waals surface area contributed by atoms with Gasteiger partial charge >= 0.3 is 0 Å². The first-order valence-electron chi connectivity index (χ1n) is 6.87. The first-order chi connectivity index (χ1) is 8.94. The van der Waals surface area contributed by atoms with Gasteiger partial charge in [-0.3, -0.25) is 4.90 Å². The van der Waals surface area contributed by atoms with E-state index in [1.54, 1.807) is 6.07 Å². The van der Waals surface area contributed by atoms with Crippen LogP contribution in [0.25, 0.3) is 0 Å². The Labute approximate surface area is 119 Å². The zero-order valence-corrected chi connectivity index (χ0v) is 12.6. The van der Waals surface area contributed by atoms with E-state index in [9.17, 15) is 4.39 Å². The molecule has 1 aliphatic heterocycles. The number of nitrogens with one attached hydrogen (secondary N) is 1. The third-order valence-electron chi connectivity index (χ3n) is 4.21. The molecule has 0 saturated carbocycles. The van der Waals surface area contributed by atoms with Crippen LogP contribution in [0.3, 0.4) is 0 Å². The van der Waals surface area contributed by atoms with Crippen molar-refractivity contribution in [3.63, 3.8) is 0 Å². The van der Waals surface area contributed by atoms with Crippen molar-refractivity contribution in [1.82, 2.24) is 10.2 Å². The highest BCUT2D eigenvalue weighted by Crippen LogP contribution is 2.26. The quantitative estimate of drug-likeness (QED) is 0.915. The molecule has 2 atom stereocenters. The molecule has 1 N–H and O–H groups in total. The molecule has 4 heteroatoms. The van der Waals surface area contributed by atoms with E-state index in [0.29, 0.717) is 6.04 Å². The van der Waals surface area contributed by atoms with Crippen molar-refractivity contribution in [2.24, 2.45) is 0 Å². The highest BCUT2D eigenvalue weighted by Gasteiger charge is 2.34. The van der Waals surface area contributed by atoms with E-state index < -0.39 is 0 Å². The summed E-state index contributed by atoms with van der Waals surface area (Å²) in [5.41, 5.74) is 1.22. The molecule has 0 radical (unpaired) electrons. The summed E-state index contributed by atoms with van der Waals surface area (Å²) in [6.45, 7) is 9.48. The molecule has 106 valence electrons. The summed E-state index contributed by atoms with van der Waals surface area (Å²) in [6, 6.07) is 5.49.